The predicted octanol–water partition coefficient (Wildman–Crippen LogP) is 1.62. The number of carbonyl (C=O) groups excluding carboxylic acids is 1. The molecule has 1 nitrogen and oxygen atoms in total. The fraction of sp³-hybridized carbons (Fsp3) is 0.889. The number of rotatable bonds is 0. The van der Waals surface area contributed by atoms with Gasteiger partial charge in [0.15, 0.2) is 0 Å². The normalized spacial score (nSPS) is 62.9. The second-order valence-electron chi connectivity index (χ2n) is 4.46. The van der Waals surface area contributed by atoms with E-state index in [1.807, 2.05) is 0 Å². The Bertz CT molecular complexity index is 221. The lowest BCUT2D eigenvalue weighted by atomic mass is 9.77. The number of hydrogen-bond acceptors (Lipinski definition) is 1. The van der Waals surface area contributed by atoms with E-state index in [9.17, 15) is 4.79 Å². The van der Waals surface area contributed by atoms with Crippen molar-refractivity contribution in [3.05, 3.63) is 0 Å². The van der Waals surface area contributed by atoms with Crippen LogP contribution in [0.5, 0.6) is 0 Å². The zero-order valence-electron chi connectivity index (χ0n) is 6.26. The van der Waals surface area contributed by atoms with Crippen LogP contribution in [0.15, 0.2) is 0 Å². The number of hydrogen-bond donors (Lipinski definition) is 0. The van der Waals surface area contributed by atoms with Crippen LogP contribution in [-0.4, -0.2) is 5.78 Å². The van der Waals surface area contributed by atoms with Gasteiger partial charge in [0.25, 0.3) is 0 Å². The third kappa shape index (κ3) is 0.340. The Hall–Kier alpha value is -0.330. The fourth-order valence-corrected chi connectivity index (χ4v) is 3.35. The van der Waals surface area contributed by atoms with Gasteiger partial charge in [-0.15, -0.1) is 0 Å². The standard InChI is InChI=1S/C9H12O/c1-9-3-2-5-4-6(9)7(9)8(5)10/h5-7H,2-4H2,1H3/t5-,6+,7+,9+/m1/s1. The lowest BCUT2D eigenvalue weighted by molar-refractivity contribution is -0.125. The van der Waals surface area contributed by atoms with Crippen LogP contribution in [0.2, 0.25) is 0 Å². The summed E-state index contributed by atoms with van der Waals surface area (Å²) in [7, 11) is 0. The Morgan fingerprint density at radius 1 is 1.60 bits per heavy atom. The number of Topliss-reactive ketones (excluding diaryl/α,β-unsaturated/α-hetero) is 1. The van der Waals surface area contributed by atoms with Gasteiger partial charge in [-0.05, 0) is 30.6 Å². The van der Waals surface area contributed by atoms with E-state index >= 15 is 0 Å². The molecule has 54 valence electrons. The van der Waals surface area contributed by atoms with Gasteiger partial charge in [0.1, 0.15) is 5.78 Å². The summed E-state index contributed by atoms with van der Waals surface area (Å²) in [6.07, 6.45) is 3.76. The first kappa shape index (κ1) is 5.34. The summed E-state index contributed by atoms with van der Waals surface area (Å²) in [4.78, 5) is 11.4. The average molecular weight is 136 g/mol. The molecule has 1 heteroatoms. The van der Waals surface area contributed by atoms with Crippen molar-refractivity contribution < 1.29 is 4.79 Å². The lowest BCUT2D eigenvalue weighted by Crippen LogP contribution is -2.25. The third-order valence-electron chi connectivity index (χ3n) is 4.13. The van der Waals surface area contributed by atoms with E-state index in [2.05, 4.69) is 6.92 Å². The van der Waals surface area contributed by atoms with Gasteiger partial charge in [0.2, 0.25) is 0 Å². The molecule has 0 N–H and O–H groups in total. The Kier molecular flexibility index (Phi) is 0.637. The van der Waals surface area contributed by atoms with Crippen molar-refractivity contribution in [2.24, 2.45) is 23.2 Å². The first-order valence-electron chi connectivity index (χ1n) is 4.27. The zero-order valence-corrected chi connectivity index (χ0v) is 6.26. The highest BCUT2D eigenvalue weighted by Gasteiger charge is 2.72. The Balaban J connectivity index is 2.08. The van der Waals surface area contributed by atoms with E-state index in [0.717, 1.165) is 5.92 Å². The minimum atomic E-state index is 0.492. The maximum absolute atomic E-state index is 11.4. The van der Waals surface area contributed by atoms with Crippen molar-refractivity contribution in [3.8, 4) is 0 Å². The summed E-state index contributed by atoms with van der Waals surface area (Å²) in [6, 6.07) is 0. The molecule has 0 aromatic carbocycles. The number of fused-ring (bicyclic) bond motifs is 1. The Morgan fingerprint density at radius 3 is 2.80 bits per heavy atom. The van der Waals surface area contributed by atoms with E-state index in [1.165, 1.54) is 19.3 Å². The van der Waals surface area contributed by atoms with Crippen molar-refractivity contribution in [2.45, 2.75) is 26.2 Å². The van der Waals surface area contributed by atoms with E-state index < -0.39 is 0 Å². The van der Waals surface area contributed by atoms with E-state index in [4.69, 9.17) is 0 Å². The molecule has 0 aliphatic heterocycles. The van der Waals surface area contributed by atoms with Crippen LogP contribution >= 0.6 is 0 Å². The van der Waals surface area contributed by atoms with Crippen molar-refractivity contribution >= 4 is 5.78 Å². The molecule has 4 fully saturated rings. The monoisotopic (exact) mass is 136 g/mol. The van der Waals surface area contributed by atoms with Gasteiger partial charge in [0, 0.05) is 11.8 Å². The highest BCUT2D eigenvalue weighted by Crippen LogP contribution is 2.73. The molecule has 0 aromatic heterocycles. The van der Waals surface area contributed by atoms with Gasteiger partial charge in [-0.3, -0.25) is 4.79 Å². The predicted molar refractivity (Wildman–Crippen MR) is 37.4 cm³/mol. The molecule has 0 unspecified atom stereocenters. The summed E-state index contributed by atoms with van der Waals surface area (Å²) < 4.78 is 0. The molecule has 0 amide bonds. The number of ketones is 1. The van der Waals surface area contributed by atoms with Gasteiger partial charge < -0.3 is 0 Å². The minimum absolute atomic E-state index is 0.492. The maximum atomic E-state index is 11.4. The summed E-state index contributed by atoms with van der Waals surface area (Å²) in [5, 5.41) is 0. The molecule has 4 rings (SSSR count). The molecule has 0 aromatic rings. The molecular weight excluding hydrogens is 124 g/mol. The smallest absolute Gasteiger partial charge is 0.139 e. The largest absolute Gasteiger partial charge is 0.299 e. The Labute approximate surface area is 60.8 Å². The zero-order chi connectivity index (χ0) is 6.93. The van der Waals surface area contributed by atoms with E-state index in [1.54, 1.807) is 0 Å². The number of carbonyl (C=O) groups is 1. The average Bonchev–Trinajstić information content (AvgIpc) is 2.38. The molecule has 4 aliphatic carbocycles. The molecule has 0 heterocycles. The van der Waals surface area contributed by atoms with Crippen LogP contribution in [0.3, 0.4) is 0 Å². The molecule has 4 saturated carbocycles. The fourth-order valence-electron chi connectivity index (χ4n) is 3.35. The van der Waals surface area contributed by atoms with Gasteiger partial charge in [-0.1, -0.05) is 6.92 Å². The van der Waals surface area contributed by atoms with Crippen LogP contribution in [0.4, 0.5) is 0 Å². The third-order valence-corrected chi connectivity index (χ3v) is 4.13. The maximum Gasteiger partial charge on any atom is 0.139 e. The second-order valence-corrected chi connectivity index (χ2v) is 4.46. The molecular formula is C9H12O. The van der Waals surface area contributed by atoms with Crippen LogP contribution in [0.1, 0.15) is 26.2 Å². The summed E-state index contributed by atoms with van der Waals surface area (Å²) in [5.74, 6) is 2.44. The van der Waals surface area contributed by atoms with Crippen LogP contribution in [-0.2, 0) is 4.79 Å². The van der Waals surface area contributed by atoms with Crippen LogP contribution in [0, 0.1) is 23.2 Å². The molecule has 0 spiro atoms. The van der Waals surface area contributed by atoms with Crippen LogP contribution < -0.4 is 0 Å². The van der Waals surface area contributed by atoms with E-state index in [0.29, 0.717) is 23.0 Å². The first-order chi connectivity index (χ1) is 4.73. The highest BCUT2D eigenvalue weighted by molar-refractivity contribution is 5.91. The quantitative estimate of drug-likeness (QED) is 0.494. The molecule has 0 saturated heterocycles. The van der Waals surface area contributed by atoms with Gasteiger partial charge >= 0.3 is 0 Å². The van der Waals surface area contributed by atoms with Gasteiger partial charge in [0.05, 0.1) is 0 Å². The van der Waals surface area contributed by atoms with Crippen molar-refractivity contribution in [1.29, 1.82) is 0 Å². The topological polar surface area (TPSA) is 17.1 Å². The molecule has 10 heavy (non-hydrogen) atoms. The summed E-state index contributed by atoms with van der Waals surface area (Å²) in [6.45, 7) is 2.30. The van der Waals surface area contributed by atoms with Crippen molar-refractivity contribution in [3.63, 3.8) is 0 Å². The molecule has 4 aliphatic rings. The first-order valence-corrected chi connectivity index (χ1v) is 4.27. The highest BCUT2D eigenvalue weighted by atomic mass is 16.1. The molecule has 0 radical (unpaired) electrons. The summed E-state index contributed by atoms with van der Waals surface area (Å²) in [5.41, 5.74) is 0.492. The molecule has 4 atom stereocenters. The molecule has 4 bridgehead atoms. The SMILES string of the molecule is C[C@]12CC[C@@H]3C[C@H]1[C@H]2C3=O. The van der Waals surface area contributed by atoms with Gasteiger partial charge in [-0.2, -0.15) is 0 Å². The second kappa shape index (κ2) is 1.19. The van der Waals surface area contributed by atoms with Gasteiger partial charge in [-0.25, -0.2) is 0 Å². The Morgan fingerprint density at radius 2 is 2.40 bits per heavy atom. The lowest BCUT2D eigenvalue weighted by Gasteiger charge is -2.26. The summed E-state index contributed by atoms with van der Waals surface area (Å²) >= 11 is 0. The minimum Gasteiger partial charge on any atom is -0.299 e. The van der Waals surface area contributed by atoms with Crippen LogP contribution in [0.25, 0.3) is 0 Å². The van der Waals surface area contributed by atoms with E-state index in [-0.39, 0.29) is 0 Å². The van der Waals surface area contributed by atoms with Crippen molar-refractivity contribution in [2.75, 3.05) is 0 Å². The van der Waals surface area contributed by atoms with Crippen molar-refractivity contribution in [1.82, 2.24) is 0 Å².